The molecule has 88 valence electrons. The Kier molecular flexibility index (Phi) is 2.67. The number of nitrogens with zero attached hydrogens (tertiary/aromatic N) is 2. The maximum Gasteiger partial charge on any atom is 0.336 e. The first-order valence-electron chi connectivity index (χ1n) is 5.01. The van der Waals surface area contributed by atoms with Crippen LogP contribution in [-0.2, 0) is 7.05 Å². The van der Waals surface area contributed by atoms with Gasteiger partial charge in [0.05, 0.1) is 11.8 Å². The van der Waals surface area contributed by atoms with Gasteiger partial charge in [-0.3, -0.25) is 4.68 Å². The minimum absolute atomic E-state index is 0.0545. The summed E-state index contributed by atoms with van der Waals surface area (Å²) >= 11 is 0. The molecule has 0 aliphatic heterocycles. The third-order valence-electron chi connectivity index (χ3n) is 2.55. The fraction of sp³-hybridized carbons (Fsp3) is 0.167. The molecule has 0 aliphatic rings. The highest BCUT2D eigenvalue weighted by Crippen LogP contribution is 2.26. The second kappa shape index (κ2) is 4.01. The predicted molar refractivity (Wildman–Crippen MR) is 60.3 cm³/mol. The van der Waals surface area contributed by atoms with Gasteiger partial charge in [0.15, 0.2) is 0 Å². The second-order valence-electron chi connectivity index (χ2n) is 3.85. The van der Waals surface area contributed by atoms with E-state index in [9.17, 15) is 9.18 Å². The Morgan fingerprint density at radius 1 is 1.47 bits per heavy atom. The van der Waals surface area contributed by atoms with Crippen molar-refractivity contribution in [2.45, 2.75) is 6.92 Å². The summed E-state index contributed by atoms with van der Waals surface area (Å²) in [5.74, 6) is -1.67. The van der Waals surface area contributed by atoms with Crippen LogP contribution in [0.15, 0.2) is 24.5 Å². The third-order valence-corrected chi connectivity index (χ3v) is 2.55. The predicted octanol–water partition coefficient (Wildman–Crippen LogP) is 2.23. The first-order chi connectivity index (χ1) is 7.99. The summed E-state index contributed by atoms with van der Waals surface area (Å²) in [5, 5.41) is 13.0. The molecule has 0 saturated heterocycles. The van der Waals surface area contributed by atoms with Crippen molar-refractivity contribution in [1.82, 2.24) is 9.78 Å². The zero-order valence-electron chi connectivity index (χ0n) is 9.44. The molecule has 1 N–H and O–H groups in total. The molecular weight excluding hydrogens is 223 g/mol. The highest BCUT2D eigenvalue weighted by atomic mass is 19.1. The summed E-state index contributed by atoms with van der Waals surface area (Å²) < 4.78 is 14.9. The lowest BCUT2D eigenvalue weighted by atomic mass is 9.99. The van der Waals surface area contributed by atoms with Crippen LogP contribution in [0.25, 0.3) is 11.1 Å². The van der Waals surface area contributed by atoms with Crippen LogP contribution in [0.5, 0.6) is 0 Å². The van der Waals surface area contributed by atoms with Gasteiger partial charge in [-0.2, -0.15) is 5.10 Å². The van der Waals surface area contributed by atoms with Crippen molar-refractivity contribution < 1.29 is 14.3 Å². The first kappa shape index (κ1) is 11.3. The Balaban J connectivity index is 2.67. The van der Waals surface area contributed by atoms with Crippen molar-refractivity contribution in [2.75, 3.05) is 0 Å². The Morgan fingerprint density at radius 2 is 2.18 bits per heavy atom. The lowest BCUT2D eigenvalue weighted by Gasteiger charge is -2.06. The van der Waals surface area contributed by atoms with E-state index >= 15 is 0 Å². The van der Waals surface area contributed by atoms with E-state index < -0.39 is 11.8 Å². The van der Waals surface area contributed by atoms with Gasteiger partial charge < -0.3 is 5.11 Å². The number of rotatable bonds is 2. The lowest BCUT2D eigenvalue weighted by Crippen LogP contribution is -2.01. The minimum Gasteiger partial charge on any atom is -0.478 e. The molecule has 1 aromatic carbocycles. The van der Waals surface area contributed by atoms with E-state index in [1.807, 2.05) is 0 Å². The van der Waals surface area contributed by atoms with Gasteiger partial charge in [0.1, 0.15) is 5.82 Å². The van der Waals surface area contributed by atoms with Crippen molar-refractivity contribution in [1.29, 1.82) is 0 Å². The highest BCUT2D eigenvalue weighted by molar-refractivity contribution is 5.96. The van der Waals surface area contributed by atoms with Crippen LogP contribution in [0.3, 0.4) is 0 Å². The van der Waals surface area contributed by atoms with Crippen molar-refractivity contribution in [3.63, 3.8) is 0 Å². The van der Waals surface area contributed by atoms with Crippen molar-refractivity contribution in [3.8, 4) is 11.1 Å². The van der Waals surface area contributed by atoms with Crippen LogP contribution in [0.2, 0.25) is 0 Å². The van der Waals surface area contributed by atoms with Gasteiger partial charge in [0.2, 0.25) is 0 Å². The SMILES string of the molecule is Cc1cc(-c2cnn(C)c2)c(C(=O)O)cc1F. The molecule has 0 fully saturated rings. The maximum absolute atomic E-state index is 13.4. The molecule has 1 heterocycles. The van der Waals surface area contributed by atoms with Crippen molar-refractivity contribution in [2.24, 2.45) is 7.05 Å². The molecule has 0 bridgehead atoms. The van der Waals surface area contributed by atoms with Gasteiger partial charge in [-0.25, -0.2) is 9.18 Å². The molecule has 0 radical (unpaired) electrons. The standard InChI is InChI=1S/C12H11FN2O2/c1-7-3-9(8-5-14-15(2)6-8)10(12(16)17)4-11(7)13/h3-6H,1-2H3,(H,16,17). The number of carbonyl (C=O) groups is 1. The number of carboxylic acids is 1. The van der Waals surface area contributed by atoms with E-state index in [-0.39, 0.29) is 5.56 Å². The molecule has 2 aromatic rings. The average molecular weight is 234 g/mol. The Bertz CT molecular complexity index is 590. The van der Waals surface area contributed by atoms with Crippen LogP contribution < -0.4 is 0 Å². The molecule has 0 amide bonds. The Morgan fingerprint density at radius 3 is 2.71 bits per heavy atom. The maximum atomic E-state index is 13.4. The van der Waals surface area contributed by atoms with E-state index in [2.05, 4.69) is 5.10 Å². The molecule has 0 spiro atoms. The first-order valence-corrected chi connectivity index (χ1v) is 5.01. The molecule has 4 nitrogen and oxygen atoms in total. The van der Waals surface area contributed by atoms with Crippen LogP contribution >= 0.6 is 0 Å². The number of benzene rings is 1. The number of halogens is 1. The molecular formula is C12H11FN2O2. The number of aryl methyl sites for hydroxylation is 2. The van der Waals surface area contributed by atoms with E-state index in [0.717, 1.165) is 6.07 Å². The Hall–Kier alpha value is -2.17. The number of aromatic nitrogens is 2. The molecule has 0 atom stereocenters. The molecule has 0 saturated carbocycles. The van der Waals surface area contributed by atoms with E-state index in [1.165, 1.54) is 6.07 Å². The van der Waals surface area contributed by atoms with Gasteiger partial charge in [-0.15, -0.1) is 0 Å². The fourth-order valence-electron chi connectivity index (χ4n) is 1.66. The third kappa shape index (κ3) is 2.04. The van der Waals surface area contributed by atoms with Crippen LogP contribution in [-0.4, -0.2) is 20.9 Å². The van der Waals surface area contributed by atoms with Gasteiger partial charge in [0, 0.05) is 18.8 Å². The average Bonchev–Trinajstić information content (AvgIpc) is 2.68. The molecule has 1 aromatic heterocycles. The highest BCUT2D eigenvalue weighted by Gasteiger charge is 2.15. The monoisotopic (exact) mass is 234 g/mol. The molecule has 5 heteroatoms. The van der Waals surface area contributed by atoms with Crippen LogP contribution in [0.1, 0.15) is 15.9 Å². The topological polar surface area (TPSA) is 55.1 Å². The zero-order valence-corrected chi connectivity index (χ0v) is 9.44. The quantitative estimate of drug-likeness (QED) is 0.866. The molecule has 17 heavy (non-hydrogen) atoms. The number of aromatic carboxylic acids is 1. The number of carboxylic acid groups (broad SMARTS) is 1. The zero-order chi connectivity index (χ0) is 12.6. The number of hydrogen-bond acceptors (Lipinski definition) is 2. The molecule has 0 aliphatic carbocycles. The van der Waals surface area contributed by atoms with Gasteiger partial charge in [-0.05, 0) is 30.2 Å². The second-order valence-corrected chi connectivity index (χ2v) is 3.85. The number of hydrogen-bond donors (Lipinski definition) is 1. The Labute approximate surface area is 97.3 Å². The van der Waals surface area contributed by atoms with Gasteiger partial charge in [-0.1, -0.05) is 0 Å². The summed E-state index contributed by atoms with van der Waals surface area (Å²) in [7, 11) is 1.74. The molecule has 2 rings (SSSR count). The fourth-order valence-corrected chi connectivity index (χ4v) is 1.66. The summed E-state index contributed by atoms with van der Waals surface area (Å²) in [5.41, 5.74) is 1.49. The summed E-state index contributed by atoms with van der Waals surface area (Å²) in [6.45, 7) is 1.60. The van der Waals surface area contributed by atoms with Crippen molar-refractivity contribution >= 4 is 5.97 Å². The van der Waals surface area contributed by atoms with E-state index in [4.69, 9.17) is 5.11 Å². The van der Waals surface area contributed by atoms with Crippen molar-refractivity contribution in [3.05, 3.63) is 41.5 Å². The van der Waals surface area contributed by atoms with Crippen LogP contribution in [0.4, 0.5) is 4.39 Å². The normalized spacial score (nSPS) is 10.5. The lowest BCUT2D eigenvalue weighted by molar-refractivity contribution is 0.0697. The minimum atomic E-state index is -1.15. The summed E-state index contributed by atoms with van der Waals surface area (Å²) in [4.78, 5) is 11.1. The summed E-state index contributed by atoms with van der Waals surface area (Å²) in [6, 6.07) is 2.57. The van der Waals surface area contributed by atoms with E-state index in [1.54, 1.807) is 31.0 Å². The van der Waals surface area contributed by atoms with Gasteiger partial charge in [0.25, 0.3) is 0 Å². The van der Waals surface area contributed by atoms with E-state index in [0.29, 0.717) is 16.7 Å². The smallest absolute Gasteiger partial charge is 0.336 e. The summed E-state index contributed by atoms with van der Waals surface area (Å²) in [6.07, 6.45) is 3.25. The molecule has 0 unspecified atom stereocenters. The van der Waals surface area contributed by atoms with Gasteiger partial charge >= 0.3 is 5.97 Å². The van der Waals surface area contributed by atoms with Crippen LogP contribution in [0, 0.1) is 12.7 Å². The largest absolute Gasteiger partial charge is 0.478 e.